The van der Waals surface area contributed by atoms with E-state index in [0.29, 0.717) is 17.7 Å². The molecule has 6 heteroatoms. The van der Waals surface area contributed by atoms with Crippen molar-refractivity contribution in [2.75, 3.05) is 45.1 Å². The predicted molar refractivity (Wildman–Crippen MR) is 110 cm³/mol. The number of hydrogen-bond donors (Lipinski definition) is 1. The van der Waals surface area contributed by atoms with Gasteiger partial charge in [0.25, 0.3) is 0 Å². The van der Waals surface area contributed by atoms with Crippen LogP contribution in [0, 0.1) is 0 Å². The molecule has 152 valence electrons. The third-order valence-electron chi connectivity index (χ3n) is 5.37. The van der Waals surface area contributed by atoms with Crippen LogP contribution < -0.4 is 5.32 Å². The maximum Gasteiger partial charge on any atom is 0.338 e. The molecule has 3 rings (SSSR count). The lowest BCUT2D eigenvalue weighted by molar-refractivity contribution is -0.116. The van der Waals surface area contributed by atoms with Crippen LogP contribution in [0.4, 0.5) is 5.69 Å². The van der Waals surface area contributed by atoms with Crippen LogP contribution in [-0.2, 0) is 9.53 Å². The SMILES string of the molecule is CN1CCN(CCC(=O)Nc2ccc(C(=O)OC3C=CCCCC3)cc2)CC1. The number of amides is 1. The second kappa shape index (κ2) is 10.4. The Morgan fingerprint density at radius 1 is 1.11 bits per heavy atom. The molecule has 1 amide bonds. The van der Waals surface area contributed by atoms with E-state index in [1.54, 1.807) is 24.3 Å². The number of likely N-dealkylation sites (N-methyl/N-ethyl adjacent to an activating group) is 1. The number of carbonyl (C=O) groups excluding carboxylic acids is 2. The Morgan fingerprint density at radius 2 is 1.86 bits per heavy atom. The molecule has 0 saturated carbocycles. The molecule has 6 nitrogen and oxygen atoms in total. The number of rotatable bonds is 6. The number of allylic oxidation sites excluding steroid dienone is 1. The van der Waals surface area contributed by atoms with Gasteiger partial charge in [-0.1, -0.05) is 6.08 Å². The lowest BCUT2D eigenvalue weighted by Crippen LogP contribution is -2.45. The Balaban J connectivity index is 1.43. The first-order valence-electron chi connectivity index (χ1n) is 10.3. The summed E-state index contributed by atoms with van der Waals surface area (Å²) in [5.74, 6) is -0.317. The number of carbonyl (C=O) groups is 2. The van der Waals surface area contributed by atoms with Gasteiger partial charge < -0.3 is 19.9 Å². The molecule has 28 heavy (non-hydrogen) atoms. The highest BCUT2D eigenvalue weighted by Gasteiger charge is 2.16. The molecule has 1 aliphatic carbocycles. The number of hydrogen-bond acceptors (Lipinski definition) is 5. The van der Waals surface area contributed by atoms with Gasteiger partial charge in [0.05, 0.1) is 5.56 Å². The first kappa shape index (κ1) is 20.6. The molecule has 1 unspecified atom stereocenters. The number of benzene rings is 1. The van der Waals surface area contributed by atoms with Crippen LogP contribution in [0.1, 0.15) is 42.5 Å². The van der Waals surface area contributed by atoms with E-state index in [0.717, 1.165) is 58.4 Å². The molecule has 1 heterocycles. The summed E-state index contributed by atoms with van der Waals surface area (Å²) in [6, 6.07) is 6.93. The van der Waals surface area contributed by atoms with Crippen LogP contribution in [-0.4, -0.2) is 67.6 Å². The lowest BCUT2D eigenvalue weighted by atomic mass is 10.1. The van der Waals surface area contributed by atoms with Crippen LogP contribution in [0.5, 0.6) is 0 Å². The van der Waals surface area contributed by atoms with Gasteiger partial charge in [0.2, 0.25) is 5.91 Å². The van der Waals surface area contributed by atoms with Crippen molar-refractivity contribution in [3.8, 4) is 0 Å². The van der Waals surface area contributed by atoms with Gasteiger partial charge in [-0.05, 0) is 63.1 Å². The Labute approximate surface area is 167 Å². The normalized spacial score (nSPS) is 21.1. The second-order valence-corrected chi connectivity index (χ2v) is 7.68. The summed E-state index contributed by atoms with van der Waals surface area (Å²) in [5.41, 5.74) is 1.21. The van der Waals surface area contributed by atoms with E-state index in [-0.39, 0.29) is 18.0 Å². The number of nitrogens with one attached hydrogen (secondary N) is 1. The minimum absolute atomic E-state index is 0.00199. The summed E-state index contributed by atoms with van der Waals surface area (Å²) in [7, 11) is 2.12. The first-order valence-corrected chi connectivity index (χ1v) is 10.3. The van der Waals surface area contributed by atoms with Crippen molar-refractivity contribution in [3.05, 3.63) is 42.0 Å². The van der Waals surface area contributed by atoms with Gasteiger partial charge >= 0.3 is 5.97 Å². The number of esters is 1. The van der Waals surface area contributed by atoms with E-state index >= 15 is 0 Å². The van der Waals surface area contributed by atoms with Gasteiger partial charge in [0.15, 0.2) is 0 Å². The fourth-order valence-electron chi connectivity index (χ4n) is 3.50. The predicted octanol–water partition coefficient (Wildman–Crippen LogP) is 2.92. The quantitative estimate of drug-likeness (QED) is 0.603. The highest BCUT2D eigenvalue weighted by molar-refractivity contribution is 5.93. The van der Waals surface area contributed by atoms with Gasteiger partial charge in [0.1, 0.15) is 6.10 Å². The van der Waals surface area contributed by atoms with Crippen LogP contribution in [0.3, 0.4) is 0 Å². The molecule has 1 aliphatic heterocycles. The average Bonchev–Trinajstić information content (AvgIpc) is 2.97. The Bertz CT molecular complexity index is 679. The summed E-state index contributed by atoms with van der Waals surface area (Å²) in [6.07, 6.45) is 8.57. The summed E-state index contributed by atoms with van der Waals surface area (Å²) >= 11 is 0. The lowest BCUT2D eigenvalue weighted by Gasteiger charge is -2.32. The minimum atomic E-state index is -0.315. The molecule has 1 fully saturated rings. The van der Waals surface area contributed by atoms with Crippen LogP contribution >= 0.6 is 0 Å². The summed E-state index contributed by atoms with van der Waals surface area (Å²) in [5, 5.41) is 2.91. The van der Waals surface area contributed by atoms with E-state index < -0.39 is 0 Å². The molecule has 1 N–H and O–H groups in total. The smallest absolute Gasteiger partial charge is 0.338 e. The Morgan fingerprint density at radius 3 is 2.61 bits per heavy atom. The molecule has 1 atom stereocenters. The largest absolute Gasteiger partial charge is 0.455 e. The van der Waals surface area contributed by atoms with Crippen molar-refractivity contribution in [2.24, 2.45) is 0 Å². The van der Waals surface area contributed by atoms with E-state index in [1.165, 1.54) is 0 Å². The monoisotopic (exact) mass is 385 g/mol. The summed E-state index contributed by atoms with van der Waals surface area (Å²) in [6.45, 7) is 4.90. The van der Waals surface area contributed by atoms with Gasteiger partial charge in [-0.15, -0.1) is 0 Å². The Hall–Kier alpha value is -2.18. The van der Waals surface area contributed by atoms with Crippen molar-refractivity contribution in [2.45, 2.75) is 38.2 Å². The zero-order chi connectivity index (χ0) is 19.8. The third-order valence-corrected chi connectivity index (χ3v) is 5.37. The standard InChI is InChI=1S/C22H31N3O3/c1-24-14-16-25(17-15-24)13-12-21(26)23-19-10-8-18(9-11-19)22(27)28-20-6-4-2-3-5-7-20/h4,6,8-11,20H,2-3,5,7,12-17H2,1H3,(H,23,26). The number of nitrogens with zero attached hydrogens (tertiary/aromatic N) is 2. The fourth-order valence-corrected chi connectivity index (χ4v) is 3.50. The van der Waals surface area contributed by atoms with Gasteiger partial charge in [-0.3, -0.25) is 4.79 Å². The molecule has 0 radical (unpaired) electrons. The van der Waals surface area contributed by atoms with Crippen molar-refractivity contribution in [3.63, 3.8) is 0 Å². The van der Waals surface area contributed by atoms with E-state index in [1.807, 2.05) is 6.08 Å². The van der Waals surface area contributed by atoms with Crippen LogP contribution in [0.2, 0.25) is 0 Å². The van der Waals surface area contributed by atoms with Crippen molar-refractivity contribution >= 4 is 17.6 Å². The molecule has 1 aromatic rings. The molecular formula is C22H31N3O3. The molecule has 2 aliphatic rings. The molecule has 0 bridgehead atoms. The zero-order valence-electron chi connectivity index (χ0n) is 16.7. The average molecular weight is 386 g/mol. The molecule has 0 aromatic heterocycles. The van der Waals surface area contributed by atoms with Crippen molar-refractivity contribution < 1.29 is 14.3 Å². The molecule has 1 saturated heterocycles. The van der Waals surface area contributed by atoms with E-state index in [2.05, 4.69) is 28.2 Å². The summed E-state index contributed by atoms with van der Waals surface area (Å²) < 4.78 is 5.57. The number of anilines is 1. The molecule has 0 spiro atoms. The van der Waals surface area contributed by atoms with E-state index in [9.17, 15) is 9.59 Å². The second-order valence-electron chi connectivity index (χ2n) is 7.68. The third kappa shape index (κ3) is 6.46. The molecular weight excluding hydrogens is 354 g/mol. The minimum Gasteiger partial charge on any atom is -0.455 e. The van der Waals surface area contributed by atoms with Crippen LogP contribution in [0.15, 0.2) is 36.4 Å². The highest BCUT2D eigenvalue weighted by atomic mass is 16.5. The van der Waals surface area contributed by atoms with Gasteiger partial charge in [0, 0.05) is 44.8 Å². The maximum absolute atomic E-state index is 12.3. The first-order chi connectivity index (χ1) is 13.6. The fraction of sp³-hybridized carbons (Fsp3) is 0.545. The maximum atomic E-state index is 12.3. The van der Waals surface area contributed by atoms with Crippen LogP contribution in [0.25, 0.3) is 0 Å². The number of ether oxygens (including phenoxy) is 1. The van der Waals surface area contributed by atoms with Gasteiger partial charge in [-0.2, -0.15) is 0 Å². The molecule has 1 aromatic carbocycles. The van der Waals surface area contributed by atoms with Crippen molar-refractivity contribution in [1.29, 1.82) is 0 Å². The van der Waals surface area contributed by atoms with Gasteiger partial charge in [-0.25, -0.2) is 4.79 Å². The zero-order valence-corrected chi connectivity index (χ0v) is 16.7. The highest BCUT2D eigenvalue weighted by Crippen LogP contribution is 2.17. The number of piperazine rings is 1. The topological polar surface area (TPSA) is 61.9 Å². The van der Waals surface area contributed by atoms with E-state index in [4.69, 9.17) is 4.74 Å². The summed E-state index contributed by atoms with van der Waals surface area (Å²) in [4.78, 5) is 29.1. The van der Waals surface area contributed by atoms with Crippen molar-refractivity contribution in [1.82, 2.24) is 9.80 Å². The Kier molecular flexibility index (Phi) is 7.62.